The number of hydrogen-bond donors (Lipinski definition) is 0. The van der Waals surface area contributed by atoms with Crippen molar-refractivity contribution in [1.82, 2.24) is 14.7 Å². The molecule has 1 aliphatic heterocycles. The summed E-state index contributed by atoms with van der Waals surface area (Å²) >= 11 is 5.97. The Balaban J connectivity index is 1.71. The first-order valence-electron chi connectivity index (χ1n) is 8.13. The minimum atomic E-state index is -0.0355. The third-order valence-electron chi connectivity index (χ3n) is 4.15. The van der Waals surface area contributed by atoms with E-state index in [2.05, 4.69) is 30.6 Å². The van der Waals surface area contributed by atoms with Crippen LogP contribution in [0.1, 0.15) is 37.6 Å². The van der Waals surface area contributed by atoms with E-state index in [-0.39, 0.29) is 11.4 Å². The molecule has 3 rings (SSSR count). The van der Waals surface area contributed by atoms with Crippen LogP contribution in [0.15, 0.2) is 36.5 Å². The van der Waals surface area contributed by atoms with E-state index in [0.29, 0.717) is 18.1 Å². The highest BCUT2D eigenvalue weighted by atomic mass is 35.5. The maximum Gasteiger partial charge on any atom is 0.246 e. The first-order chi connectivity index (χ1) is 11.3. The van der Waals surface area contributed by atoms with E-state index in [1.165, 1.54) is 5.69 Å². The van der Waals surface area contributed by atoms with Crippen molar-refractivity contribution in [3.63, 3.8) is 0 Å². The summed E-state index contributed by atoms with van der Waals surface area (Å²) in [7, 11) is 0. The van der Waals surface area contributed by atoms with Gasteiger partial charge in [0.15, 0.2) is 0 Å². The van der Waals surface area contributed by atoms with Crippen LogP contribution in [0, 0.1) is 0 Å². The fourth-order valence-electron chi connectivity index (χ4n) is 2.98. The van der Waals surface area contributed by atoms with Gasteiger partial charge in [0.25, 0.3) is 0 Å². The van der Waals surface area contributed by atoms with Crippen molar-refractivity contribution >= 4 is 23.6 Å². The molecule has 0 saturated carbocycles. The van der Waals surface area contributed by atoms with Gasteiger partial charge in [-0.1, -0.05) is 23.7 Å². The van der Waals surface area contributed by atoms with E-state index in [1.54, 1.807) is 6.08 Å². The highest BCUT2D eigenvalue weighted by Gasteiger charge is 2.26. The Bertz CT molecular complexity index is 786. The Morgan fingerprint density at radius 1 is 1.33 bits per heavy atom. The minimum absolute atomic E-state index is 0.0177. The van der Waals surface area contributed by atoms with Crippen molar-refractivity contribution < 1.29 is 4.79 Å². The molecule has 0 unspecified atom stereocenters. The number of nitrogens with zero attached hydrogens (tertiary/aromatic N) is 3. The molecule has 126 valence electrons. The molecule has 5 heteroatoms. The molecule has 0 fully saturated rings. The Morgan fingerprint density at radius 3 is 2.83 bits per heavy atom. The lowest BCUT2D eigenvalue weighted by molar-refractivity contribution is -0.126. The van der Waals surface area contributed by atoms with E-state index in [9.17, 15) is 4.79 Å². The van der Waals surface area contributed by atoms with Crippen LogP contribution in [0.4, 0.5) is 0 Å². The monoisotopic (exact) mass is 343 g/mol. The van der Waals surface area contributed by atoms with Gasteiger partial charge in [0.05, 0.1) is 11.7 Å². The fraction of sp³-hybridized carbons (Fsp3) is 0.368. The van der Waals surface area contributed by atoms with Crippen molar-refractivity contribution in [3.8, 4) is 0 Å². The summed E-state index contributed by atoms with van der Waals surface area (Å²) in [5.41, 5.74) is 3.27. The van der Waals surface area contributed by atoms with Gasteiger partial charge in [-0.2, -0.15) is 5.10 Å². The predicted molar refractivity (Wildman–Crippen MR) is 96.8 cm³/mol. The zero-order valence-electron chi connectivity index (χ0n) is 14.3. The van der Waals surface area contributed by atoms with Crippen molar-refractivity contribution in [1.29, 1.82) is 0 Å². The van der Waals surface area contributed by atoms with Crippen LogP contribution in [-0.2, 0) is 23.3 Å². The lowest BCUT2D eigenvalue weighted by Crippen LogP contribution is -2.36. The number of amides is 1. The molecule has 0 spiro atoms. The quantitative estimate of drug-likeness (QED) is 0.776. The van der Waals surface area contributed by atoms with Crippen LogP contribution in [0.2, 0.25) is 5.02 Å². The SMILES string of the molecule is CC(C)(C)n1ncc2c1CCN(C(=O)/C=C/c1cccc(Cl)c1)C2. The van der Waals surface area contributed by atoms with E-state index in [0.717, 1.165) is 17.5 Å². The first-order valence-corrected chi connectivity index (χ1v) is 8.51. The molecule has 2 aromatic rings. The molecule has 0 aliphatic carbocycles. The lowest BCUT2D eigenvalue weighted by Gasteiger charge is -2.29. The fourth-order valence-corrected chi connectivity index (χ4v) is 3.18. The van der Waals surface area contributed by atoms with E-state index < -0.39 is 0 Å². The van der Waals surface area contributed by atoms with Crippen LogP contribution in [0.5, 0.6) is 0 Å². The number of hydrogen-bond acceptors (Lipinski definition) is 2. The molecular formula is C19H22ClN3O. The van der Waals surface area contributed by atoms with Gasteiger partial charge in [0, 0.05) is 41.9 Å². The average molecular weight is 344 g/mol. The number of rotatable bonds is 2. The molecule has 0 N–H and O–H groups in total. The summed E-state index contributed by atoms with van der Waals surface area (Å²) in [6.45, 7) is 7.76. The number of halogens is 1. The summed E-state index contributed by atoms with van der Waals surface area (Å²) in [5.74, 6) is 0.0177. The van der Waals surface area contributed by atoms with Crippen molar-refractivity contribution in [2.45, 2.75) is 39.3 Å². The summed E-state index contributed by atoms with van der Waals surface area (Å²) in [5, 5.41) is 5.18. The molecule has 2 heterocycles. The van der Waals surface area contributed by atoms with Crippen LogP contribution in [0.25, 0.3) is 6.08 Å². The number of aromatic nitrogens is 2. The molecule has 1 aromatic heterocycles. The zero-order valence-corrected chi connectivity index (χ0v) is 15.0. The number of fused-ring (bicyclic) bond motifs is 1. The van der Waals surface area contributed by atoms with E-state index in [4.69, 9.17) is 11.6 Å². The highest BCUT2D eigenvalue weighted by Crippen LogP contribution is 2.24. The van der Waals surface area contributed by atoms with E-state index in [1.807, 2.05) is 41.4 Å². The number of carbonyl (C=O) groups excluding carboxylic acids is 1. The molecule has 0 saturated heterocycles. The summed E-state index contributed by atoms with van der Waals surface area (Å²) < 4.78 is 2.08. The average Bonchev–Trinajstić information content (AvgIpc) is 2.96. The topological polar surface area (TPSA) is 38.1 Å². The number of carbonyl (C=O) groups is 1. The molecule has 4 nitrogen and oxygen atoms in total. The van der Waals surface area contributed by atoms with Gasteiger partial charge in [-0.15, -0.1) is 0 Å². The summed E-state index contributed by atoms with van der Waals surface area (Å²) in [4.78, 5) is 14.3. The third kappa shape index (κ3) is 3.54. The zero-order chi connectivity index (χ0) is 17.3. The lowest BCUT2D eigenvalue weighted by atomic mass is 10.0. The molecule has 24 heavy (non-hydrogen) atoms. The van der Waals surface area contributed by atoms with Gasteiger partial charge in [0.1, 0.15) is 0 Å². The maximum atomic E-state index is 12.4. The van der Waals surface area contributed by atoms with Crippen LogP contribution in [0.3, 0.4) is 0 Å². The first kappa shape index (κ1) is 16.8. The largest absolute Gasteiger partial charge is 0.334 e. The van der Waals surface area contributed by atoms with Gasteiger partial charge >= 0.3 is 0 Å². The molecular weight excluding hydrogens is 322 g/mol. The van der Waals surface area contributed by atoms with Gasteiger partial charge in [-0.05, 0) is 44.5 Å². The Labute approximate surface area is 147 Å². The normalized spacial score (nSPS) is 14.9. The molecule has 1 aromatic carbocycles. The van der Waals surface area contributed by atoms with Crippen LogP contribution < -0.4 is 0 Å². The molecule has 0 bridgehead atoms. The second-order valence-corrected chi connectivity index (χ2v) is 7.53. The highest BCUT2D eigenvalue weighted by molar-refractivity contribution is 6.30. The summed E-state index contributed by atoms with van der Waals surface area (Å²) in [6, 6.07) is 7.46. The summed E-state index contributed by atoms with van der Waals surface area (Å²) in [6.07, 6.45) is 6.15. The van der Waals surface area contributed by atoms with E-state index >= 15 is 0 Å². The van der Waals surface area contributed by atoms with Crippen LogP contribution in [-0.4, -0.2) is 27.1 Å². The molecule has 0 atom stereocenters. The Hall–Kier alpha value is -2.07. The third-order valence-corrected chi connectivity index (χ3v) is 4.38. The second-order valence-electron chi connectivity index (χ2n) is 7.10. The Kier molecular flexibility index (Phi) is 4.50. The van der Waals surface area contributed by atoms with Gasteiger partial charge in [-0.25, -0.2) is 0 Å². The maximum absolute atomic E-state index is 12.4. The second kappa shape index (κ2) is 6.44. The molecule has 1 amide bonds. The van der Waals surface area contributed by atoms with Crippen molar-refractivity contribution in [3.05, 3.63) is 58.4 Å². The molecule has 1 aliphatic rings. The minimum Gasteiger partial charge on any atom is -0.334 e. The predicted octanol–water partition coefficient (Wildman–Crippen LogP) is 3.89. The smallest absolute Gasteiger partial charge is 0.246 e. The number of benzene rings is 1. The van der Waals surface area contributed by atoms with Crippen molar-refractivity contribution in [2.75, 3.05) is 6.54 Å². The molecule has 0 radical (unpaired) electrons. The van der Waals surface area contributed by atoms with Crippen LogP contribution >= 0.6 is 11.6 Å². The van der Waals surface area contributed by atoms with Crippen molar-refractivity contribution in [2.24, 2.45) is 0 Å². The van der Waals surface area contributed by atoms with Gasteiger partial charge in [-0.3, -0.25) is 9.48 Å². The Morgan fingerprint density at radius 2 is 2.12 bits per heavy atom. The van der Waals surface area contributed by atoms with Gasteiger partial charge in [0.2, 0.25) is 5.91 Å². The standard InChI is InChI=1S/C19H22ClN3O/c1-19(2,3)23-17-9-10-22(13-15(17)12-21-23)18(24)8-7-14-5-4-6-16(20)11-14/h4-8,11-12H,9-10,13H2,1-3H3/b8-7+. The van der Waals surface area contributed by atoms with Gasteiger partial charge < -0.3 is 4.90 Å².